The van der Waals surface area contributed by atoms with Gasteiger partial charge in [-0.15, -0.1) is 0 Å². The van der Waals surface area contributed by atoms with Crippen molar-refractivity contribution in [1.82, 2.24) is 4.98 Å². The molecule has 4 aromatic rings. The van der Waals surface area contributed by atoms with Crippen LogP contribution in [0.25, 0.3) is 10.9 Å². The topological polar surface area (TPSA) is 73.1 Å². The zero-order valence-corrected chi connectivity index (χ0v) is 15.5. The SMILES string of the molecule is Nc1ccc(C(=O)c2ccc3ncccc3c2)cc1C(=O)c1cccc(Cl)c1. The second-order valence-corrected chi connectivity index (χ2v) is 6.82. The highest BCUT2D eigenvalue weighted by atomic mass is 35.5. The second-order valence-electron chi connectivity index (χ2n) is 6.38. The van der Waals surface area contributed by atoms with E-state index in [4.69, 9.17) is 17.3 Å². The summed E-state index contributed by atoms with van der Waals surface area (Å²) >= 11 is 5.98. The molecule has 0 atom stereocenters. The number of ketones is 2. The Morgan fingerprint density at radius 3 is 2.36 bits per heavy atom. The third-order valence-electron chi connectivity index (χ3n) is 4.51. The lowest BCUT2D eigenvalue weighted by Gasteiger charge is -2.09. The van der Waals surface area contributed by atoms with Gasteiger partial charge in [-0.05, 0) is 54.6 Å². The van der Waals surface area contributed by atoms with Gasteiger partial charge in [-0.25, -0.2) is 0 Å². The maximum Gasteiger partial charge on any atom is 0.195 e. The quantitative estimate of drug-likeness (QED) is 0.398. The summed E-state index contributed by atoms with van der Waals surface area (Å²) < 4.78 is 0. The monoisotopic (exact) mass is 386 g/mol. The van der Waals surface area contributed by atoms with Gasteiger partial charge < -0.3 is 5.73 Å². The summed E-state index contributed by atoms with van der Waals surface area (Å²) in [6, 6.07) is 20.4. The first-order chi connectivity index (χ1) is 13.5. The lowest BCUT2D eigenvalue weighted by atomic mass is 9.95. The van der Waals surface area contributed by atoms with Crippen LogP contribution in [-0.4, -0.2) is 16.6 Å². The van der Waals surface area contributed by atoms with Crippen molar-refractivity contribution in [3.63, 3.8) is 0 Å². The van der Waals surface area contributed by atoms with Gasteiger partial charge in [0.1, 0.15) is 0 Å². The fourth-order valence-corrected chi connectivity index (χ4v) is 3.25. The summed E-state index contributed by atoms with van der Waals surface area (Å²) in [6.45, 7) is 0. The van der Waals surface area contributed by atoms with E-state index >= 15 is 0 Å². The zero-order chi connectivity index (χ0) is 19.7. The number of halogens is 1. The first-order valence-electron chi connectivity index (χ1n) is 8.62. The Bertz CT molecular complexity index is 1230. The number of hydrogen-bond donors (Lipinski definition) is 1. The van der Waals surface area contributed by atoms with Crippen LogP contribution in [0.15, 0.2) is 79.0 Å². The predicted octanol–water partition coefficient (Wildman–Crippen LogP) is 4.93. The summed E-state index contributed by atoms with van der Waals surface area (Å²) in [7, 11) is 0. The number of rotatable bonds is 4. The summed E-state index contributed by atoms with van der Waals surface area (Å²) in [5, 5.41) is 1.33. The maximum atomic E-state index is 13.0. The molecule has 0 spiro atoms. The molecule has 0 bridgehead atoms. The number of benzene rings is 3. The Morgan fingerprint density at radius 1 is 0.786 bits per heavy atom. The molecule has 0 aliphatic carbocycles. The molecule has 136 valence electrons. The molecule has 1 aromatic heterocycles. The van der Waals surface area contributed by atoms with E-state index in [1.54, 1.807) is 60.8 Å². The van der Waals surface area contributed by atoms with E-state index in [2.05, 4.69) is 4.98 Å². The molecular formula is C23H15ClN2O2. The molecule has 3 aromatic carbocycles. The lowest BCUT2D eigenvalue weighted by Crippen LogP contribution is -2.09. The zero-order valence-electron chi connectivity index (χ0n) is 14.7. The van der Waals surface area contributed by atoms with Gasteiger partial charge in [-0.3, -0.25) is 14.6 Å². The van der Waals surface area contributed by atoms with Crippen LogP contribution in [0.4, 0.5) is 5.69 Å². The third-order valence-corrected chi connectivity index (χ3v) is 4.75. The summed E-state index contributed by atoms with van der Waals surface area (Å²) in [6.07, 6.45) is 1.71. The highest BCUT2D eigenvalue weighted by Crippen LogP contribution is 2.23. The van der Waals surface area contributed by atoms with Crippen LogP contribution in [0.3, 0.4) is 0 Å². The molecule has 0 aliphatic rings. The highest BCUT2D eigenvalue weighted by Gasteiger charge is 2.17. The molecule has 0 saturated heterocycles. The number of nitrogens with two attached hydrogens (primary N) is 1. The Labute approximate surface area is 166 Å². The van der Waals surface area contributed by atoms with Crippen LogP contribution in [-0.2, 0) is 0 Å². The van der Waals surface area contributed by atoms with E-state index in [9.17, 15) is 9.59 Å². The molecule has 2 N–H and O–H groups in total. The number of nitrogens with zero attached hydrogens (tertiary/aromatic N) is 1. The standard InChI is InChI=1S/C23H15ClN2O2/c24-18-5-1-3-15(12-18)23(28)19-13-17(6-8-20(19)25)22(27)16-7-9-21-14(11-16)4-2-10-26-21/h1-13H,25H2. The van der Waals surface area contributed by atoms with Gasteiger partial charge >= 0.3 is 0 Å². The van der Waals surface area contributed by atoms with E-state index < -0.39 is 0 Å². The minimum absolute atomic E-state index is 0.189. The van der Waals surface area contributed by atoms with Crippen LogP contribution in [0.1, 0.15) is 31.8 Å². The summed E-state index contributed by atoms with van der Waals surface area (Å²) in [5.41, 5.74) is 8.73. The number of aromatic nitrogens is 1. The Balaban J connectivity index is 1.73. The second kappa shape index (κ2) is 7.25. The van der Waals surface area contributed by atoms with Crippen molar-refractivity contribution in [1.29, 1.82) is 0 Å². The van der Waals surface area contributed by atoms with E-state index in [0.29, 0.717) is 27.4 Å². The number of fused-ring (bicyclic) bond motifs is 1. The van der Waals surface area contributed by atoms with Gasteiger partial charge in [-0.2, -0.15) is 0 Å². The van der Waals surface area contributed by atoms with Gasteiger partial charge in [0.2, 0.25) is 0 Å². The maximum absolute atomic E-state index is 13.0. The van der Waals surface area contributed by atoms with E-state index in [1.807, 2.05) is 12.1 Å². The third kappa shape index (κ3) is 3.38. The van der Waals surface area contributed by atoms with E-state index in [0.717, 1.165) is 10.9 Å². The smallest absolute Gasteiger partial charge is 0.195 e. The molecule has 0 radical (unpaired) electrons. The van der Waals surface area contributed by atoms with Crippen LogP contribution < -0.4 is 5.73 Å². The normalized spacial score (nSPS) is 10.8. The fourth-order valence-electron chi connectivity index (χ4n) is 3.06. The Kier molecular flexibility index (Phi) is 4.63. The molecule has 4 nitrogen and oxygen atoms in total. The number of pyridine rings is 1. The molecule has 0 unspecified atom stereocenters. The van der Waals surface area contributed by atoms with Crippen LogP contribution in [0.2, 0.25) is 5.02 Å². The molecule has 5 heteroatoms. The molecular weight excluding hydrogens is 372 g/mol. The lowest BCUT2D eigenvalue weighted by molar-refractivity contribution is 0.103. The summed E-state index contributed by atoms with van der Waals surface area (Å²) in [4.78, 5) is 30.1. The minimum atomic E-state index is -0.280. The van der Waals surface area contributed by atoms with Crippen molar-refractivity contribution in [2.75, 3.05) is 5.73 Å². The van der Waals surface area contributed by atoms with Gasteiger partial charge in [0.15, 0.2) is 11.6 Å². The number of carbonyl (C=O) groups is 2. The van der Waals surface area contributed by atoms with E-state index in [-0.39, 0.29) is 17.1 Å². The van der Waals surface area contributed by atoms with Gasteiger partial charge in [0.25, 0.3) is 0 Å². The van der Waals surface area contributed by atoms with Gasteiger partial charge in [0.05, 0.1) is 5.52 Å². The number of hydrogen-bond acceptors (Lipinski definition) is 4. The molecule has 28 heavy (non-hydrogen) atoms. The molecule has 0 saturated carbocycles. The molecule has 0 amide bonds. The first-order valence-corrected chi connectivity index (χ1v) is 9.00. The van der Waals surface area contributed by atoms with Crippen molar-refractivity contribution in [2.24, 2.45) is 0 Å². The number of nitrogen functional groups attached to an aromatic ring is 1. The van der Waals surface area contributed by atoms with Crippen molar-refractivity contribution < 1.29 is 9.59 Å². The van der Waals surface area contributed by atoms with Crippen LogP contribution in [0, 0.1) is 0 Å². The van der Waals surface area contributed by atoms with Crippen molar-refractivity contribution >= 4 is 39.8 Å². The fraction of sp³-hybridized carbons (Fsp3) is 0. The van der Waals surface area contributed by atoms with Crippen molar-refractivity contribution in [2.45, 2.75) is 0 Å². The predicted molar refractivity (Wildman–Crippen MR) is 111 cm³/mol. The minimum Gasteiger partial charge on any atom is -0.398 e. The average Bonchev–Trinajstić information content (AvgIpc) is 2.72. The van der Waals surface area contributed by atoms with Crippen LogP contribution >= 0.6 is 11.6 Å². The largest absolute Gasteiger partial charge is 0.398 e. The van der Waals surface area contributed by atoms with Crippen molar-refractivity contribution in [3.05, 3.63) is 106 Å². The summed E-state index contributed by atoms with van der Waals surface area (Å²) in [5.74, 6) is -0.469. The number of carbonyl (C=O) groups excluding carboxylic acids is 2. The van der Waals surface area contributed by atoms with Crippen molar-refractivity contribution in [3.8, 4) is 0 Å². The number of anilines is 1. The molecule has 0 aliphatic heterocycles. The van der Waals surface area contributed by atoms with Crippen LogP contribution in [0.5, 0.6) is 0 Å². The highest BCUT2D eigenvalue weighted by molar-refractivity contribution is 6.31. The Hall–Kier alpha value is -3.50. The first kappa shape index (κ1) is 17.9. The average molecular weight is 387 g/mol. The Morgan fingerprint density at radius 2 is 1.54 bits per heavy atom. The van der Waals surface area contributed by atoms with E-state index in [1.165, 1.54) is 6.07 Å². The molecule has 1 heterocycles. The molecule has 4 rings (SSSR count). The molecule has 0 fully saturated rings. The van der Waals surface area contributed by atoms with Gasteiger partial charge in [-0.1, -0.05) is 29.8 Å². The van der Waals surface area contributed by atoms with Gasteiger partial charge in [0, 0.05) is 44.5 Å².